The molecule has 0 aliphatic rings. The Morgan fingerprint density at radius 1 is 1.18 bits per heavy atom. The van der Waals surface area contributed by atoms with Crippen LogP contribution >= 0.6 is 21.0 Å². The summed E-state index contributed by atoms with van der Waals surface area (Å²) in [4.78, 5) is 27.0. The van der Waals surface area contributed by atoms with E-state index in [4.69, 9.17) is 14.0 Å². The number of pyridine rings is 1. The SMILES string of the molecule is COC(=O)[C@H](Cc1ccccc1)NP(C)(=O)OCOc1ccc([N+](=O)[O-])c2cccnc12.S. The lowest BCUT2D eigenvalue weighted by molar-refractivity contribution is -0.383. The molecule has 33 heavy (non-hydrogen) atoms. The maximum atomic E-state index is 12.9. The summed E-state index contributed by atoms with van der Waals surface area (Å²) in [5.41, 5.74) is 1.03. The van der Waals surface area contributed by atoms with Crippen LogP contribution in [0.2, 0.25) is 0 Å². The zero-order valence-electron chi connectivity index (χ0n) is 18.0. The molecule has 10 nitrogen and oxygen atoms in total. The molecular formula is C21H24N3O7PS. The van der Waals surface area contributed by atoms with Crippen LogP contribution in [0.1, 0.15) is 5.56 Å². The molecule has 0 fully saturated rings. The minimum Gasteiger partial charge on any atom is -0.468 e. The lowest BCUT2D eigenvalue weighted by atomic mass is 10.1. The van der Waals surface area contributed by atoms with Crippen LogP contribution in [0.4, 0.5) is 5.69 Å². The second-order valence-electron chi connectivity index (χ2n) is 6.87. The topological polar surface area (TPSA) is 130 Å². The highest BCUT2D eigenvalue weighted by Gasteiger charge is 2.28. The summed E-state index contributed by atoms with van der Waals surface area (Å²) in [6, 6.07) is 14.2. The Hall–Kier alpha value is -2.98. The standard InChI is InChI=1S/C21H22N3O7P.H2S/c1-29-21(25)17(13-15-7-4-3-5-8-15)23-32(2,28)31-14-30-19-11-10-18(24(26)27)16-9-6-12-22-20(16)19;/h3-12,17H,13-14H2,1-2H3,(H,23,28);1H2/t17-,32?;/m0./s1. The summed E-state index contributed by atoms with van der Waals surface area (Å²) in [6.45, 7) is 0.896. The van der Waals surface area contributed by atoms with Crippen molar-refractivity contribution in [3.63, 3.8) is 0 Å². The number of nitro groups is 1. The van der Waals surface area contributed by atoms with Crippen LogP contribution in [0.5, 0.6) is 5.75 Å². The van der Waals surface area contributed by atoms with Crippen LogP contribution in [-0.4, -0.2) is 42.5 Å². The third-order valence-electron chi connectivity index (χ3n) is 4.58. The Bertz CT molecular complexity index is 1160. The lowest BCUT2D eigenvalue weighted by Crippen LogP contribution is -2.38. The number of nitro benzene ring substituents is 1. The van der Waals surface area contributed by atoms with Crippen LogP contribution in [0.3, 0.4) is 0 Å². The number of nitrogens with one attached hydrogen (secondary N) is 1. The number of carbonyl (C=O) groups is 1. The zero-order chi connectivity index (χ0) is 23.1. The Morgan fingerprint density at radius 3 is 2.58 bits per heavy atom. The molecule has 0 saturated heterocycles. The highest BCUT2D eigenvalue weighted by Crippen LogP contribution is 2.39. The molecule has 0 radical (unpaired) electrons. The Labute approximate surface area is 197 Å². The number of carbonyl (C=O) groups excluding carboxylic acids is 1. The van der Waals surface area contributed by atoms with Crippen molar-refractivity contribution < 1.29 is 28.3 Å². The van der Waals surface area contributed by atoms with Crippen LogP contribution in [0.15, 0.2) is 60.8 Å². The first-order valence-electron chi connectivity index (χ1n) is 9.57. The van der Waals surface area contributed by atoms with Gasteiger partial charge in [-0.25, -0.2) is 5.09 Å². The molecule has 1 N–H and O–H groups in total. The predicted octanol–water partition coefficient (Wildman–Crippen LogP) is 3.81. The van der Waals surface area contributed by atoms with Gasteiger partial charge in [0, 0.05) is 18.9 Å². The fraction of sp³-hybridized carbons (Fsp3) is 0.238. The van der Waals surface area contributed by atoms with E-state index in [0.29, 0.717) is 5.39 Å². The van der Waals surface area contributed by atoms with Gasteiger partial charge in [-0.05, 0) is 30.2 Å². The van der Waals surface area contributed by atoms with Gasteiger partial charge in [-0.15, -0.1) is 0 Å². The van der Waals surface area contributed by atoms with Crippen LogP contribution < -0.4 is 9.82 Å². The van der Waals surface area contributed by atoms with E-state index in [9.17, 15) is 19.5 Å². The number of hydrogen-bond acceptors (Lipinski definition) is 8. The fourth-order valence-corrected chi connectivity index (χ4v) is 4.18. The van der Waals surface area contributed by atoms with E-state index >= 15 is 0 Å². The normalized spacial score (nSPS) is 13.4. The number of hydrogen-bond donors (Lipinski definition) is 1. The van der Waals surface area contributed by atoms with E-state index in [1.165, 1.54) is 32.1 Å². The quantitative estimate of drug-likeness (QED) is 0.147. The van der Waals surface area contributed by atoms with Crippen molar-refractivity contribution in [2.24, 2.45) is 0 Å². The monoisotopic (exact) mass is 493 g/mol. The maximum absolute atomic E-state index is 12.9. The van der Waals surface area contributed by atoms with Gasteiger partial charge in [0.25, 0.3) is 13.2 Å². The molecule has 1 heterocycles. The highest BCUT2D eigenvalue weighted by molar-refractivity contribution is 7.59. The number of nitrogens with zero attached hydrogens (tertiary/aromatic N) is 2. The maximum Gasteiger partial charge on any atom is 0.323 e. The third-order valence-corrected chi connectivity index (χ3v) is 5.96. The first-order chi connectivity index (χ1) is 15.3. The molecule has 2 aromatic carbocycles. The van der Waals surface area contributed by atoms with E-state index in [1.807, 2.05) is 30.3 Å². The molecule has 0 amide bonds. The Balaban J connectivity index is 0.00000385. The van der Waals surface area contributed by atoms with Crippen molar-refractivity contribution in [3.8, 4) is 5.75 Å². The van der Waals surface area contributed by atoms with Crippen molar-refractivity contribution in [1.82, 2.24) is 10.1 Å². The summed E-state index contributed by atoms with van der Waals surface area (Å²) in [6.07, 6.45) is 1.74. The highest BCUT2D eigenvalue weighted by atomic mass is 32.1. The molecule has 0 aliphatic heterocycles. The van der Waals surface area contributed by atoms with Gasteiger partial charge in [-0.3, -0.25) is 29.0 Å². The fourth-order valence-electron chi connectivity index (χ4n) is 3.09. The molecule has 176 valence electrons. The lowest BCUT2D eigenvalue weighted by Gasteiger charge is -2.22. The Kier molecular flexibility index (Phi) is 9.36. The summed E-state index contributed by atoms with van der Waals surface area (Å²) in [5, 5.41) is 14.2. The first-order valence-corrected chi connectivity index (χ1v) is 11.6. The molecule has 0 spiro atoms. The molecule has 12 heteroatoms. The molecular weight excluding hydrogens is 469 g/mol. The van der Waals surface area contributed by atoms with Gasteiger partial charge < -0.3 is 9.47 Å². The molecule has 1 unspecified atom stereocenters. The summed E-state index contributed by atoms with van der Waals surface area (Å²) < 4.78 is 28.6. The van der Waals surface area contributed by atoms with Crippen molar-refractivity contribution in [3.05, 3.63) is 76.5 Å². The number of benzene rings is 2. The van der Waals surface area contributed by atoms with E-state index in [2.05, 4.69) is 10.1 Å². The second kappa shape index (κ2) is 11.8. The van der Waals surface area contributed by atoms with Gasteiger partial charge in [-0.1, -0.05) is 30.3 Å². The number of aromatic nitrogens is 1. The van der Waals surface area contributed by atoms with Crippen LogP contribution in [0, 0.1) is 10.1 Å². The van der Waals surface area contributed by atoms with Gasteiger partial charge in [0.1, 0.15) is 17.3 Å². The van der Waals surface area contributed by atoms with Crippen molar-refractivity contribution in [2.45, 2.75) is 12.5 Å². The number of non-ortho nitro benzene ring substituents is 1. The molecule has 0 saturated carbocycles. The van der Waals surface area contributed by atoms with E-state index in [0.717, 1.165) is 5.56 Å². The molecule has 0 bridgehead atoms. The number of esters is 1. The summed E-state index contributed by atoms with van der Waals surface area (Å²) in [7, 11) is -2.23. The molecule has 3 aromatic rings. The number of fused-ring (bicyclic) bond motifs is 1. The van der Waals surface area contributed by atoms with Crippen molar-refractivity contribution in [2.75, 3.05) is 20.6 Å². The number of methoxy groups -OCH3 is 1. The predicted molar refractivity (Wildman–Crippen MR) is 128 cm³/mol. The van der Waals surface area contributed by atoms with E-state index in [-0.39, 0.29) is 36.9 Å². The summed E-state index contributed by atoms with van der Waals surface area (Å²) in [5.74, 6) is -0.342. The molecule has 1 aromatic heterocycles. The van der Waals surface area contributed by atoms with Crippen LogP contribution in [0.25, 0.3) is 10.9 Å². The molecule has 2 atom stereocenters. The largest absolute Gasteiger partial charge is 0.468 e. The van der Waals surface area contributed by atoms with Crippen LogP contribution in [-0.2, 0) is 25.0 Å². The average Bonchev–Trinajstić information content (AvgIpc) is 2.78. The van der Waals surface area contributed by atoms with Gasteiger partial charge in [0.15, 0.2) is 6.79 Å². The number of rotatable bonds is 10. The zero-order valence-corrected chi connectivity index (χ0v) is 19.9. The van der Waals surface area contributed by atoms with Gasteiger partial charge in [0.05, 0.1) is 17.4 Å². The van der Waals surface area contributed by atoms with Crippen molar-refractivity contribution >= 4 is 43.6 Å². The van der Waals surface area contributed by atoms with Gasteiger partial charge in [-0.2, -0.15) is 13.5 Å². The number of ether oxygens (including phenoxy) is 2. The first kappa shape index (κ1) is 26.3. The van der Waals surface area contributed by atoms with Gasteiger partial charge in [0.2, 0.25) is 0 Å². The molecule has 0 aliphatic carbocycles. The van der Waals surface area contributed by atoms with Crippen molar-refractivity contribution in [1.29, 1.82) is 0 Å². The van der Waals surface area contributed by atoms with Gasteiger partial charge >= 0.3 is 5.97 Å². The second-order valence-corrected chi connectivity index (χ2v) is 9.08. The van der Waals surface area contributed by atoms with E-state index < -0.39 is 31.2 Å². The summed E-state index contributed by atoms with van der Waals surface area (Å²) >= 11 is 0. The molecule has 3 rings (SSSR count). The smallest absolute Gasteiger partial charge is 0.323 e. The third kappa shape index (κ3) is 7.00. The minimum absolute atomic E-state index is 0. The minimum atomic E-state index is -3.48. The average molecular weight is 493 g/mol. The Morgan fingerprint density at radius 2 is 1.91 bits per heavy atom. The van der Waals surface area contributed by atoms with E-state index in [1.54, 1.807) is 12.1 Å².